The molecule has 0 unspecified atom stereocenters. The average molecular weight is 439 g/mol. The highest BCUT2D eigenvalue weighted by Crippen LogP contribution is 2.40. The van der Waals surface area contributed by atoms with Gasteiger partial charge in [0.15, 0.2) is 11.5 Å². The normalized spacial score (nSPS) is 15.6. The van der Waals surface area contributed by atoms with Gasteiger partial charge in [-0.05, 0) is 106 Å². The number of esters is 1. The van der Waals surface area contributed by atoms with Gasteiger partial charge in [-0.25, -0.2) is 0 Å². The summed E-state index contributed by atoms with van der Waals surface area (Å²) >= 11 is 0. The number of methoxy groups -OCH3 is 2. The highest BCUT2D eigenvalue weighted by Gasteiger charge is 2.26. The van der Waals surface area contributed by atoms with Crippen molar-refractivity contribution in [3.63, 3.8) is 0 Å². The van der Waals surface area contributed by atoms with E-state index >= 15 is 0 Å². The molecule has 0 aromatic heterocycles. The Bertz CT molecular complexity index is 1000. The van der Waals surface area contributed by atoms with Crippen LogP contribution in [0.25, 0.3) is 0 Å². The van der Waals surface area contributed by atoms with E-state index in [1.54, 1.807) is 21.1 Å². The van der Waals surface area contributed by atoms with Crippen LogP contribution in [-0.4, -0.2) is 26.0 Å². The SMILES string of the molecule is COc1cc(CCC(C)=O)c([C@H]2CCc3cc(OC(=O)C(C)(C)C)ccc3C2)cc1OC. The van der Waals surface area contributed by atoms with Gasteiger partial charge < -0.3 is 19.0 Å². The van der Waals surface area contributed by atoms with Crippen molar-refractivity contribution in [2.24, 2.45) is 5.41 Å². The second-order valence-electron chi connectivity index (χ2n) is 9.62. The van der Waals surface area contributed by atoms with Gasteiger partial charge in [0.2, 0.25) is 0 Å². The summed E-state index contributed by atoms with van der Waals surface area (Å²) < 4.78 is 16.6. The minimum Gasteiger partial charge on any atom is -0.493 e. The van der Waals surface area contributed by atoms with E-state index < -0.39 is 5.41 Å². The Kier molecular flexibility index (Phi) is 7.27. The Morgan fingerprint density at radius 2 is 1.69 bits per heavy atom. The number of fused-ring (bicyclic) bond motifs is 1. The zero-order valence-electron chi connectivity index (χ0n) is 20.0. The molecule has 0 aliphatic heterocycles. The van der Waals surface area contributed by atoms with E-state index in [0.29, 0.717) is 36.0 Å². The highest BCUT2D eigenvalue weighted by atomic mass is 16.5. The average Bonchev–Trinajstić information content (AvgIpc) is 2.75. The van der Waals surface area contributed by atoms with Crippen LogP contribution in [0.4, 0.5) is 0 Å². The number of hydrogen-bond donors (Lipinski definition) is 0. The van der Waals surface area contributed by atoms with Crippen LogP contribution in [0, 0.1) is 5.41 Å². The van der Waals surface area contributed by atoms with Gasteiger partial charge in [-0.3, -0.25) is 4.79 Å². The lowest BCUT2D eigenvalue weighted by atomic mass is 9.78. The van der Waals surface area contributed by atoms with E-state index in [2.05, 4.69) is 12.1 Å². The number of carbonyl (C=O) groups excluding carboxylic acids is 2. The summed E-state index contributed by atoms with van der Waals surface area (Å²) in [7, 11) is 3.28. The molecule has 0 amide bonds. The predicted molar refractivity (Wildman–Crippen MR) is 125 cm³/mol. The van der Waals surface area contributed by atoms with Crippen LogP contribution in [0.3, 0.4) is 0 Å². The predicted octanol–water partition coefficient (Wildman–Crippen LogP) is 5.45. The number of aryl methyl sites for hydroxylation is 2. The van der Waals surface area contributed by atoms with Crippen LogP contribution in [0.2, 0.25) is 0 Å². The molecule has 1 aliphatic carbocycles. The van der Waals surface area contributed by atoms with Gasteiger partial charge in [-0.1, -0.05) is 6.07 Å². The Hall–Kier alpha value is -2.82. The molecule has 5 nitrogen and oxygen atoms in total. The molecule has 0 saturated heterocycles. The molecule has 1 aliphatic rings. The van der Waals surface area contributed by atoms with Crippen molar-refractivity contribution in [2.45, 2.75) is 65.7 Å². The third-order valence-corrected chi connectivity index (χ3v) is 6.06. The number of carbonyl (C=O) groups is 2. The zero-order valence-corrected chi connectivity index (χ0v) is 20.0. The molecular weight excluding hydrogens is 404 g/mol. The molecule has 0 N–H and O–H groups in total. The Morgan fingerprint density at radius 1 is 1.00 bits per heavy atom. The van der Waals surface area contributed by atoms with Crippen LogP contribution in [0.1, 0.15) is 68.7 Å². The van der Waals surface area contributed by atoms with Crippen molar-refractivity contribution >= 4 is 11.8 Å². The van der Waals surface area contributed by atoms with Crippen LogP contribution >= 0.6 is 0 Å². The first-order valence-corrected chi connectivity index (χ1v) is 11.2. The van der Waals surface area contributed by atoms with Crippen LogP contribution in [-0.2, 0) is 28.9 Å². The summed E-state index contributed by atoms with van der Waals surface area (Å²) in [6.45, 7) is 7.18. The van der Waals surface area contributed by atoms with Gasteiger partial charge in [0.1, 0.15) is 11.5 Å². The maximum atomic E-state index is 12.2. The number of ketones is 1. The summed E-state index contributed by atoms with van der Waals surface area (Å²) in [4.78, 5) is 23.9. The van der Waals surface area contributed by atoms with Crippen LogP contribution < -0.4 is 14.2 Å². The van der Waals surface area contributed by atoms with Crippen LogP contribution in [0.5, 0.6) is 17.2 Å². The number of Topliss-reactive ketones (excluding diaryl/α,β-unsaturated/α-hetero) is 1. The standard InChI is InChI=1S/C27H34O5/c1-17(28)7-8-21-15-24(30-5)25(31-6)16-23(21)20-10-9-19-14-22(12-11-18(19)13-20)32-26(29)27(2,3)4/h11-12,14-16,20H,7-10,13H2,1-6H3/t20-/m0/s1. The van der Waals surface area contributed by atoms with E-state index in [9.17, 15) is 9.59 Å². The molecule has 0 saturated carbocycles. The van der Waals surface area contributed by atoms with Crippen molar-refractivity contribution in [2.75, 3.05) is 14.2 Å². The largest absolute Gasteiger partial charge is 0.493 e. The Balaban J connectivity index is 1.87. The van der Waals surface area contributed by atoms with Gasteiger partial charge in [-0.2, -0.15) is 0 Å². The first-order chi connectivity index (χ1) is 15.1. The topological polar surface area (TPSA) is 61.8 Å². The molecule has 2 aromatic rings. The minimum absolute atomic E-state index is 0.178. The van der Waals surface area contributed by atoms with E-state index in [1.165, 1.54) is 16.7 Å². The molecule has 5 heteroatoms. The van der Waals surface area contributed by atoms with Gasteiger partial charge in [0.25, 0.3) is 0 Å². The maximum absolute atomic E-state index is 12.2. The summed E-state index contributed by atoms with van der Waals surface area (Å²) in [5.74, 6) is 2.28. The molecule has 32 heavy (non-hydrogen) atoms. The molecule has 0 bridgehead atoms. The van der Waals surface area contributed by atoms with Crippen molar-refractivity contribution in [1.82, 2.24) is 0 Å². The minimum atomic E-state index is -0.537. The lowest BCUT2D eigenvalue weighted by molar-refractivity contribution is -0.143. The summed E-state index contributed by atoms with van der Waals surface area (Å²) in [5, 5.41) is 0. The van der Waals surface area contributed by atoms with Gasteiger partial charge in [0.05, 0.1) is 19.6 Å². The molecule has 2 aromatic carbocycles. The van der Waals surface area contributed by atoms with E-state index in [1.807, 2.05) is 39.0 Å². The summed E-state index contributed by atoms with van der Waals surface area (Å²) in [6, 6.07) is 10.0. The molecule has 0 heterocycles. The second kappa shape index (κ2) is 9.76. The molecule has 172 valence electrons. The van der Waals surface area contributed by atoms with Crippen molar-refractivity contribution in [3.8, 4) is 17.2 Å². The summed E-state index contributed by atoms with van der Waals surface area (Å²) in [6.07, 6.45) is 3.98. The van der Waals surface area contributed by atoms with Crippen molar-refractivity contribution < 1.29 is 23.8 Å². The van der Waals surface area contributed by atoms with Crippen LogP contribution in [0.15, 0.2) is 30.3 Å². The molecular formula is C27H34O5. The molecule has 0 radical (unpaired) electrons. The quantitative estimate of drug-likeness (QED) is 0.425. The molecule has 3 rings (SSSR count). The Morgan fingerprint density at radius 3 is 2.31 bits per heavy atom. The fourth-order valence-electron chi connectivity index (χ4n) is 4.16. The number of ether oxygens (including phenoxy) is 3. The maximum Gasteiger partial charge on any atom is 0.316 e. The fraction of sp³-hybridized carbons (Fsp3) is 0.481. The lowest BCUT2D eigenvalue weighted by Crippen LogP contribution is -2.25. The first kappa shape index (κ1) is 23.8. The molecule has 0 spiro atoms. The van der Waals surface area contributed by atoms with E-state index in [-0.39, 0.29) is 11.8 Å². The highest BCUT2D eigenvalue weighted by molar-refractivity contribution is 5.78. The Labute approximate surface area is 191 Å². The first-order valence-electron chi connectivity index (χ1n) is 11.2. The third kappa shape index (κ3) is 5.50. The summed E-state index contributed by atoms with van der Waals surface area (Å²) in [5.41, 5.74) is 4.32. The van der Waals surface area contributed by atoms with E-state index in [0.717, 1.165) is 24.8 Å². The fourth-order valence-corrected chi connectivity index (χ4v) is 4.16. The van der Waals surface area contributed by atoms with Gasteiger partial charge in [-0.15, -0.1) is 0 Å². The second-order valence-corrected chi connectivity index (χ2v) is 9.62. The molecule has 0 fully saturated rings. The number of rotatable bonds is 7. The van der Waals surface area contributed by atoms with E-state index in [4.69, 9.17) is 14.2 Å². The lowest BCUT2D eigenvalue weighted by Gasteiger charge is -2.28. The molecule has 1 atom stereocenters. The van der Waals surface area contributed by atoms with Gasteiger partial charge in [0, 0.05) is 6.42 Å². The third-order valence-electron chi connectivity index (χ3n) is 6.06. The zero-order chi connectivity index (χ0) is 23.5. The number of hydrogen-bond acceptors (Lipinski definition) is 5. The van der Waals surface area contributed by atoms with Crippen molar-refractivity contribution in [3.05, 3.63) is 52.6 Å². The van der Waals surface area contributed by atoms with Gasteiger partial charge >= 0.3 is 5.97 Å². The number of benzene rings is 2. The monoisotopic (exact) mass is 438 g/mol. The smallest absolute Gasteiger partial charge is 0.316 e. The van der Waals surface area contributed by atoms with Crippen molar-refractivity contribution in [1.29, 1.82) is 0 Å².